The Morgan fingerprint density at radius 2 is 2.17 bits per heavy atom. The third-order valence-electron chi connectivity index (χ3n) is 3.39. The van der Waals surface area contributed by atoms with Gasteiger partial charge in [-0.2, -0.15) is 0 Å². The van der Waals surface area contributed by atoms with Crippen LogP contribution in [0.15, 0.2) is 30.5 Å². The largest absolute Gasteiger partial charge is 0.383 e. The normalized spacial score (nSPS) is 13.1. The Bertz CT molecular complexity index is 504. The van der Waals surface area contributed by atoms with E-state index in [9.17, 15) is 0 Å². The first-order chi connectivity index (χ1) is 8.74. The second kappa shape index (κ2) is 6.03. The Kier molecular flexibility index (Phi) is 4.39. The molecule has 1 heterocycles. The summed E-state index contributed by atoms with van der Waals surface area (Å²) >= 11 is 0. The van der Waals surface area contributed by atoms with Gasteiger partial charge in [0.2, 0.25) is 0 Å². The zero-order valence-corrected chi connectivity index (χ0v) is 11.2. The van der Waals surface area contributed by atoms with Gasteiger partial charge in [0.25, 0.3) is 0 Å². The lowest BCUT2D eigenvalue weighted by atomic mass is 10.0. The van der Waals surface area contributed by atoms with Crippen LogP contribution in [0.3, 0.4) is 0 Å². The van der Waals surface area contributed by atoms with Gasteiger partial charge in [0.05, 0.1) is 6.61 Å². The molecule has 0 bridgehead atoms. The van der Waals surface area contributed by atoms with Crippen LogP contribution < -0.4 is 5.73 Å². The molecule has 3 nitrogen and oxygen atoms in total. The van der Waals surface area contributed by atoms with Crippen molar-refractivity contribution in [2.24, 2.45) is 5.73 Å². The van der Waals surface area contributed by atoms with Gasteiger partial charge in [0.15, 0.2) is 0 Å². The zero-order valence-electron chi connectivity index (χ0n) is 11.2. The summed E-state index contributed by atoms with van der Waals surface area (Å²) in [6.07, 6.45) is 4.09. The van der Waals surface area contributed by atoms with Crippen LogP contribution in [0.4, 0.5) is 0 Å². The van der Waals surface area contributed by atoms with Crippen molar-refractivity contribution in [1.82, 2.24) is 4.57 Å². The lowest BCUT2D eigenvalue weighted by molar-refractivity contribution is 0.188. The second-order valence-electron chi connectivity index (χ2n) is 4.77. The molecule has 1 atom stereocenters. The second-order valence-corrected chi connectivity index (χ2v) is 4.77. The van der Waals surface area contributed by atoms with Crippen LogP contribution in [0.2, 0.25) is 0 Å². The number of rotatable bonds is 6. The molecule has 0 radical (unpaired) electrons. The number of benzene rings is 1. The lowest BCUT2D eigenvalue weighted by Crippen LogP contribution is -2.21. The van der Waals surface area contributed by atoms with Crippen molar-refractivity contribution < 1.29 is 4.74 Å². The fourth-order valence-electron chi connectivity index (χ4n) is 2.21. The Morgan fingerprint density at radius 3 is 2.89 bits per heavy atom. The van der Waals surface area contributed by atoms with Crippen LogP contribution in [-0.4, -0.2) is 24.3 Å². The quantitative estimate of drug-likeness (QED) is 0.851. The van der Waals surface area contributed by atoms with Gasteiger partial charge in [0, 0.05) is 31.4 Å². The predicted molar refractivity (Wildman–Crippen MR) is 75.8 cm³/mol. The predicted octanol–water partition coefficient (Wildman–Crippen LogP) is 2.57. The van der Waals surface area contributed by atoms with Gasteiger partial charge in [-0.15, -0.1) is 0 Å². The average molecular weight is 246 g/mol. The van der Waals surface area contributed by atoms with Crippen molar-refractivity contribution in [3.05, 3.63) is 36.0 Å². The number of nitrogens with zero attached hydrogens (tertiary/aromatic N) is 1. The van der Waals surface area contributed by atoms with Gasteiger partial charge in [-0.25, -0.2) is 0 Å². The van der Waals surface area contributed by atoms with E-state index in [2.05, 4.69) is 42.0 Å². The lowest BCUT2D eigenvalue weighted by Gasteiger charge is -2.09. The van der Waals surface area contributed by atoms with E-state index in [1.807, 2.05) is 0 Å². The third-order valence-corrected chi connectivity index (χ3v) is 3.39. The van der Waals surface area contributed by atoms with Crippen molar-refractivity contribution in [2.45, 2.75) is 32.4 Å². The summed E-state index contributed by atoms with van der Waals surface area (Å²) < 4.78 is 7.34. The molecule has 0 amide bonds. The third kappa shape index (κ3) is 2.92. The number of hydrogen-bond acceptors (Lipinski definition) is 2. The summed E-state index contributed by atoms with van der Waals surface area (Å²) in [6, 6.07) is 9.03. The Hall–Kier alpha value is -1.32. The van der Waals surface area contributed by atoms with E-state index in [-0.39, 0.29) is 6.04 Å². The summed E-state index contributed by atoms with van der Waals surface area (Å²) in [5.74, 6) is 0. The molecule has 1 unspecified atom stereocenters. The van der Waals surface area contributed by atoms with E-state index in [1.165, 1.54) is 16.5 Å². The molecule has 2 N–H and O–H groups in total. The summed E-state index contributed by atoms with van der Waals surface area (Å²) in [4.78, 5) is 0. The molecule has 0 spiro atoms. The molecule has 2 rings (SSSR count). The van der Waals surface area contributed by atoms with Crippen molar-refractivity contribution >= 4 is 10.9 Å². The molecule has 2 aromatic rings. The van der Waals surface area contributed by atoms with Crippen LogP contribution in [0.25, 0.3) is 10.9 Å². The maximum atomic E-state index is 6.00. The van der Waals surface area contributed by atoms with Crippen molar-refractivity contribution in [3.8, 4) is 0 Å². The van der Waals surface area contributed by atoms with Crippen molar-refractivity contribution in [2.75, 3.05) is 13.7 Å². The molecule has 0 saturated heterocycles. The minimum absolute atomic E-state index is 0.262. The fourth-order valence-corrected chi connectivity index (χ4v) is 2.21. The number of nitrogens with two attached hydrogens (primary N) is 1. The molecule has 0 saturated carbocycles. The van der Waals surface area contributed by atoms with Crippen LogP contribution in [0, 0.1) is 0 Å². The monoisotopic (exact) mass is 246 g/mol. The minimum Gasteiger partial charge on any atom is -0.383 e. The highest BCUT2D eigenvalue weighted by atomic mass is 16.5. The summed E-state index contributed by atoms with van der Waals surface area (Å²) in [5, 5.41) is 1.28. The number of ether oxygens (including phenoxy) is 1. The van der Waals surface area contributed by atoms with Crippen LogP contribution in [-0.2, 0) is 17.7 Å². The molecular weight excluding hydrogens is 224 g/mol. The molecule has 98 valence electrons. The number of hydrogen-bond donors (Lipinski definition) is 1. The first-order valence-electron chi connectivity index (χ1n) is 6.57. The number of methoxy groups -OCH3 is 1. The van der Waals surface area contributed by atoms with Gasteiger partial charge >= 0.3 is 0 Å². The van der Waals surface area contributed by atoms with Crippen molar-refractivity contribution in [3.63, 3.8) is 0 Å². The zero-order chi connectivity index (χ0) is 13.0. The summed E-state index contributed by atoms with van der Waals surface area (Å²) in [6.45, 7) is 3.77. The maximum Gasteiger partial charge on any atom is 0.0641 e. The first kappa shape index (κ1) is 13.1. The fraction of sp³-hybridized carbons (Fsp3) is 0.467. The summed E-state index contributed by atoms with van der Waals surface area (Å²) in [7, 11) is 1.73. The van der Waals surface area contributed by atoms with E-state index in [4.69, 9.17) is 10.5 Å². The van der Waals surface area contributed by atoms with Gasteiger partial charge in [-0.1, -0.05) is 13.0 Å². The molecule has 1 aromatic heterocycles. The number of fused-ring (bicyclic) bond motifs is 1. The molecule has 0 aliphatic carbocycles. The standard InChI is InChI=1S/C15H22N2O/c1-3-14(16)11-12-4-5-15-13(10-12)6-7-17(15)8-9-18-2/h4-7,10,14H,3,8-9,11,16H2,1-2H3. The van der Waals surface area contributed by atoms with E-state index in [0.717, 1.165) is 26.0 Å². The van der Waals surface area contributed by atoms with Crippen LogP contribution in [0.5, 0.6) is 0 Å². The van der Waals surface area contributed by atoms with Crippen molar-refractivity contribution in [1.29, 1.82) is 0 Å². The SMILES string of the molecule is CCC(N)Cc1ccc2c(ccn2CCOC)c1. The molecule has 0 fully saturated rings. The van der Waals surface area contributed by atoms with Gasteiger partial charge < -0.3 is 15.0 Å². The van der Waals surface area contributed by atoms with Crippen LogP contribution in [0.1, 0.15) is 18.9 Å². The first-order valence-corrected chi connectivity index (χ1v) is 6.57. The minimum atomic E-state index is 0.262. The topological polar surface area (TPSA) is 40.2 Å². The van der Waals surface area contributed by atoms with Crippen LogP contribution >= 0.6 is 0 Å². The molecular formula is C15H22N2O. The Labute approximate surface area is 109 Å². The van der Waals surface area contributed by atoms with E-state index < -0.39 is 0 Å². The highest BCUT2D eigenvalue weighted by molar-refractivity contribution is 5.80. The smallest absolute Gasteiger partial charge is 0.0641 e. The maximum absolute atomic E-state index is 6.00. The summed E-state index contributed by atoms with van der Waals surface area (Å²) in [5.41, 5.74) is 8.58. The molecule has 18 heavy (non-hydrogen) atoms. The Morgan fingerprint density at radius 1 is 1.33 bits per heavy atom. The highest BCUT2D eigenvalue weighted by Gasteiger charge is 2.05. The van der Waals surface area contributed by atoms with E-state index in [0.29, 0.717) is 0 Å². The molecule has 0 aliphatic rings. The molecule has 3 heteroatoms. The average Bonchev–Trinajstić information content (AvgIpc) is 2.78. The van der Waals surface area contributed by atoms with Gasteiger partial charge in [0.1, 0.15) is 0 Å². The molecule has 1 aromatic carbocycles. The van der Waals surface area contributed by atoms with Gasteiger partial charge in [-0.3, -0.25) is 0 Å². The molecule has 0 aliphatic heterocycles. The Balaban J connectivity index is 2.19. The number of aromatic nitrogens is 1. The van der Waals surface area contributed by atoms with E-state index in [1.54, 1.807) is 7.11 Å². The van der Waals surface area contributed by atoms with E-state index >= 15 is 0 Å². The highest BCUT2D eigenvalue weighted by Crippen LogP contribution is 2.18. The van der Waals surface area contributed by atoms with Gasteiger partial charge in [-0.05, 0) is 42.0 Å².